The Balaban J connectivity index is 1.39. The van der Waals surface area contributed by atoms with Crippen molar-refractivity contribution in [1.82, 2.24) is 14.2 Å². The Morgan fingerprint density at radius 3 is 2.33 bits per heavy atom. The average molecular weight is 431 g/mol. The summed E-state index contributed by atoms with van der Waals surface area (Å²) in [5.41, 5.74) is 1.59. The Labute approximate surface area is 178 Å². The Bertz CT molecular complexity index is 973. The molecule has 1 amide bonds. The normalized spacial score (nSPS) is 19.0. The van der Waals surface area contributed by atoms with Crippen LogP contribution in [0.4, 0.5) is 5.69 Å². The molecule has 162 valence electrons. The molecule has 2 fully saturated rings. The second-order valence-electron chi connectivity index (χ2n) is 8.21. The number of hydrogen-bond acceptors (Lipinski definition) is 4. The summed E-state index contributed by atoms with van der Waals surface area (Å²) in [6, 6.07) is 11.9. The third-order valence-electron chi connectivity index (χ3n) is 6.12. The Morgan fingerprint density at radius 2 is 1.67 bits per heavy atom. The van der Waals surface area contributed by atoms with Crippen LogP contribution >= 0.6 is 0 Å². The minimum atomic E-state index is -3.54. The van der Waals surface area contributed by atoms with Gasteiger partial charge in [-0.05, 0) is 43.9 Å². The highest BCUT2D eigenvalue weighted by molar-refractivity contribution is 7.89. The number of piperidine rings is 2. The summed E-state index contributed by atoms with van der Waals surface area (Å²) in [6.07, 6.45) is 6.13. The number of carbonyl (C=O) groups excluding carboxylic acids is 1. The summed E-state index contributed by atoms with van der Waals surface area (Å²) >= 11 is 0. The quantitative estimate of drug-likeness (QED) is 0.791. The predicted molar refractivity (Wildman–Crippen MR) is 117 cm³/mol. The van der Waals surface area contributed by atoms with Crippen LogP contribution in [0.2, 0.25) is 0 Å². The van der Waals surface area contributed by atoms with Crippen molar-refractivity contribution in [3.63, 3.8) is 0 Å². The fraction of sp³-hybridized carbons (Fsp3) is 0.500. The number of para-hydroxylation sites is 1. The number of benzene rings is 1. The van der Waals surface area contributed by atoms with E-state index in [9.17, 15) is 13.2 Å². The van der Waals surface area contributed by atoms with Crippen molar-refractivity contribution in [1.29, 1.82) is 0 Å². The van der Waals surface area contributed by atoms with E-state index < -0.39 is 10.0 Å². The monoisotopic (exact) mass is 430 g/mol. The summed E-state index contributed by atoms with van der Waals surface area (Å²) in [7, 11) is -1.82. The molecule has 2 aliphatic rings. The molecule has 1 aromatic heterocycles. The molecule has 3 heterocycles. The maximum Gasteiger partial charge on any atom is 0.268 e. The molecule has 0 unspecified atom stereocenters. The van der Waals surface area contributed by atoms with Crippen molar-refractivity contribution < 1.29 is 13.2 Å². The third-order valence-corrected chi connectivity index (χ3v) is 7.98. The van der Waals surface area contributed by atoms with Gasteiger partial charge in [0.05, 0.1) is 0 Å². The van der Waals surface area contributed by atoms with E-state index in [-0.39, 0.29) is 16.8 Å². The lowest BCUT2D eigenvalue weighted by atomic mass is 10.0. The third kappa shape index (κ3) is 4.39. The van der Waals surface area contributed by atoms with Gasteiger partial charge in [0.15, 0.2) is 0 Å². The maximum atomic E-state index is 12.9. The van der Waals surface area contributed by atoms with Crippen molar-refractivity contribution in [2.24, 2.45) is 7.05 Å². The molecule has 0 aliphatic carbocycles. The van der Waals surface area contributed by atoms with Crippen molar-refractivity contribution in [2.75, 3.05) is 31.1 Å². The summed E-state index contributed by atoms with van der Waals surface area (Å²) in [6.45, 7) is 2.88. The highest BCUT2D eigenvalue weighted by Crippen LogP contribution is 2.23. The predicted octanol–water partition coefficient (Wildman–Crippen LogP) is 2.60. The van der Waals surface area contributed by atoms with Crippen molar-refractivity contribution >= 4 is 21.6 Å². The fourth-order valence-corrected chi connectivity index (χ4v) is 5.92. The topological polar surface area (TPSA) is 74.6 Å². The number of nitrogens with one attached hydrogen (secondary N) is 1. The highest BCUT2D eigenvalue weighted by Gasteiger charge is 2.29. The smallest absolute Gasteiger partial charge is 0.268 e. The molecule has 0 atom stereocenters. The molecule has 1 aromatic carbocycles. The van der Waals surface area contributed by atoms with E-state index in [4.69, 9.17) is 0 Å². The number of anilines is 1. The Hall–Kier alpha value is -2.32. The van der Waals surface area contributed by atoms with Crippen LogP contribution in [0.15, 0.2) is 47.5 Å². The summed E-state index contributed by atoms with van der Waals surface area (Å²) in [5, 5.41) is 3.10. The zero-order valence-electron chi connectivity index (χ0n) is 17.5. The molecule has 7 nitrogen and oxygen atoms in total. The van der Waals surface area contributed by atoms with Gasteiger partial charge in [-0.3, -0.25) is 4.79 Å². The lowest BCUT2D eigenvalue weighted by Gasteiger charge is -2.34. The Morgan fingerprint density at radius 1 is 1.00 bits per heavy atom. The van der Waals surface area contributed by atoms with E-state index in [1.54, 1.807) is 17.8 Å². The molecule has 0 spiro atoms. The number of rotatable bonds is 5. The lowest BCUT2D eigenvalue weighted by Crippen LogP contribution is -2.45. The van der Waals surface area contributed by atoms with Gasteiger partial charge in [-0.1, -0.05) is 24.6 Å². The molecule has 30 heavy (non-hydrogen) atoms. The van der Waals surface area contributed by atoms with Gasteiger partial charge < -0.3 is 14.8 Å². The number of amides is 1. The number of nitrogens with zero attached hydrogens (tertiary/aromatic N) is 3. The number of hydrogen-bond donors (Lipinski definition) is 1. The first-order chi connectivity index (χ1) is 14.4. The molecule has 0 radical (unpaired) electrons. The standard InChI is InChI=1S/C22H30N4O3S/c1-24-17-20(30(28,29)26-12-6-3-7-13-26)16-21(24)22(27)23-18-10-14-25(15-11-18)19-8-4-2-5-9-19/h2,4-5,8-9,16-18H,3,6-7,10-15H2,1H3,(H,23,27). The molecule has 0 saturated carbocycles. The van der Waals surface area contributed by atoms with E-state index in [0.29, 0.717) is 18.8 Å². The van der Waals surface area contributed by atoms with E-state index in [1.165, 1.54) is 16.1 Å². The first-order valence-corrected chi connectivity index (χ1v) is 12.2. The number of carbonyl (C=O) groups is 1. The van der Waals surface area contributed by atoms with Crippen molar-refractivity contribution in [2.45, 2.75) is 43.0 Å². The molecule has 8 heteroatoms. The van der Waals surface area contributed by atoms with Gasteiger partial charge in [0, 0.05) is 51.2 Å². The van der Waals surface area contributed by atoms with Crippen LogP contribution in [-0.2, 0) is 17.1 Å². The molecule has 1 N–H and O–H groups in total. The van der Waals surface area contributed by atoms with E-state index in [0.717, 1.165) is 45.2 Å². The molecule has 2 saturated heterocycles. The zero-order chi connectivity index (χ0) is 21.1. The van der Waals surface area contributed by atoms with Gasteiger partial charge in [0.1, 0.15) is 10.6 Å². The number of aryl methyl sites for hydroxylation is 1. The molecule has 2 aliphatic heterocycles. The van der Waals surface area contributed by atoms with E-state index in [1.807, 2.05) is 18.2 Å². The molecular formula is C22H30N4O3S. The SMILES string of the molecule is Cn1cc(S(=O)(=O)N2CCCCC2)cc1C(=O)NC1CCN(c2ccccc2)CC1. The van der Waals surface area contributed by atoms with Crippen molar-refractivity contribution in [3.05, 3.63) is 48.3 Å². The first-order valence-electron chi connectivity index (χ1n) is 10.7. The van der Waals surface area contributed by atoms with Crippen LogP contribution in [0.3, 0.4) is 0 Å². The van der Waals surface area contributed by atoms with E-state index >= 15 is 0 Å². The zero-order valence-corrected chi connectivity index (χ0v) is 18.3. The van der Waals surface area contributed by atoms with Gasteiger partial charge in [0.2, 0.25) is 10.0 Å². The molecule has 2 aromatic rings. The number of sulfonamides is 1. The van der Waals surface area contributed by atoms with Gasteiger partial charge in [0.25, 0.3) is 5.91 Å². The highest BCUT2D eigenvalue weighted by atomic mass is 32.2. The van der Waals surface area contributed by atoms with Crippen LogP contribution in [0, 0.1) is 0 Å². The largest absolute Gasteiger partial charge is 0.371 e. The minimum absolute atomic E-state index is 0.0921. The Kier molecular flexibility index (Phi) is 6.15. The summed E-state index contributed by atoms with van der Waals surface area (Å²) in [4.78, 5) is 15.4. The van der Waals surface area contributed by atoms with Crippen LogP contribution in [0.5, 0.6) is 0 Å². The molecular weight excluding hydrogens is 400 g/mol. The average Bonchev–Trinajstić information content (AvgIpc) is 3.18. The summed E-state index contributed by atoms with van der Waals surface area (Å²) in [5.74, 6) is -0.212. The van der Waals surface area contributed by atoms with Crippen LogP contribution in [0.1, 0.15) is 42.6 Å². The van der Waals surface area contributed by atoms with Crippen LogP contribution < -0.4 is 10.2 Å². The molecule has 0 bridgehead atoms. The van der Waals surface area contributed by atoms with Gasteiger partial charge in [-0.2, -0.15) is 4.31 Å². The minimum Gasteiger partial charge on any atom is -0.371 e. The van der Waals surface area contributed by atoms with Crippen LogP contribution in [0.25, 0.3) is 0 Å². The first kappa shape index (κ1) is 20.9. The van der Waals surface area contributed by atoms with Crippen LogP contribution in [-0.4, -0.2) is 55.4 Å². The second-order valence-corrected chi connectivity index (χ2v) is 10.1. The van der Waals surface area contributed by atoms with E-state index in [2.05, 4.69) is 22.3 Å². The van der Waals surface area contributed by atoms with Gasteiger partial charge in [-0.25, -0.2) is 8.42 Å². The molecule has 4 rings (SSSR count). The second kappa shape index (κ2) is 8.81. The van der Waals surface area contributed by atoms with Gasteiger partial charge in [-0.15, -0.1) is 0 Å². The lowest BCUT2D eigenvalue weighted by molar-refractivity contribution is 0.0923. The van der Waals surface area contributed by atoms with Crippen molar-refractivity contribution in [3.8, 4) is 0 Å². The fourth-order valence-electron chi connectivity index (χ4n) is 4.34. The number of aromatic nitrogens is 1. The van der Waals surface area contributed by atoms with Gasteiger partial charge >= 0.3 is 0 Å². The summed E-state index contributed by atoms with van der Waals surface area (Å²) < 4.78 is 29.0. The maximum absolute atomic E-state index is 12.9.